The van der Waals surface area contributed by atoms with Crippen LogP contribution in [-0.4, -0.2) is 54.1 Å². The predicted octanol–water partition coefficient (Wildman–Crippen LogP) is 4.58. The van der Waals surface area contributed by atoms with Gasteiger partial charge in [-0.15, -0.1) is 0 Å². The molecule has 0 unspecified atom stereocenters. The van der Waals surface area contributed by atoms with E-state index in [1.165, 1.54) is 22.5 Å². The van der Waals surface area contributed by atoms with Gasteiger partial charge in [0.05, 0.1) is 11.5 Å². The normalized spacial score (nSPS) is 15.4. The van der Waals surface area contributed by atoms with E-state index >= 15 is 0 Å². The molecule has 0 radical (unpaired) electrons. The van der Waals surface area contributed by atoms with E-state index in [1.54, 1.807) is 6.07 Å². The van der Waals surface area contributed by atoms with Gasteiger partial charge in [0.15, 0.2) is 0 Å². The number of nitro groups is 1. The van der Waals surface area contributed by atoms with Crippen LogP contribution in [0.1, 0.15) is 22.8 Å². The van der Waals surface area contributed by atoms with Gasteiger partial charge in [0, 0.05) is 50.7 Å². The molecule has 2 aromatic carbocycles. The molecule has 6 nitrogen and oxygen atoms in total. The maximum Gasteiger partial charge on any atom is 0.324 e. The molecule has 4 rings (SSSR count). The Morgan fingerprint density at radius 3 is 2.06 bits per heavy atom. The van der Waals surface area contributed by atoms with Crippen LogP contribution in [0.4, 0.5) is 5.00 Å². The van der Waals surface area contributed by atoms with Crippen molar-refractivity contribution in [1.82, 2.24) is 9.80 Å². The number of ether oxygens (including phenoxy) is 1. The minimum atomic E-state index is -0.315. The molecule has 7 heteroatoms. The summed E-state index contributed by atoms with van der Waals surface area (Å²) in [6.07, 6.45) is -0.0573. The second-order valence-corrected chi connectivity index (χ2v) is 8.63. The Balaban J connectivity index is 1.25. The molecule has 0 saturated carbocycles. The summed E-state index contributed by atoms with van der Waals surface area (Å²) in [5, 5.41) is 13.0. The van der Waals surface area contributed by atoms with Crippen molar-refractivity contribution in [3.8, 4) is 0 Å². The van der Waals surface area contributed by atoms with Crippen molar-refractivity contribution < 1.29 is 9.66 Å². The molecule has 1 aromatic heterocycles. The zero-order valence-electron chi connectivity index (χ0n) is 17.4. The van der Waals surface area contributed by atoms with Crippen molar-refractivity contribution in [2.45, 2.75) is 12.6 Å². The molecule has 31 heavy (non-hydrogen) atoms. The predicted molar refractivity (Wildman–Crippen MR) is 123 cm³/mol. The van der Waals surface area contributed by atoms with Crippen molar-refractivity contribution in [3.05, 3.63) is 98.9 Å². The van der Waals surface area contributed by atoms with Gasteiger partial charge in [-0.1, -0.05) is 72.0 Å². The minimum Gasteiger partial charge on any atom is -0.367 e. The van der Waals surface area contributed by atoms with Gasteiger partial charge in [-0.25, -0.2) is 0 Å². The van der Waals surface area contributed by atoms with E-state index in [0.717, 1.165) is 44.8 Å². The lowest BCUT2D eigenvalue weighted by Crippen LogP contribution is -2.46. The number of nitrogens with zero attached hydrogens (tertiary/aromatic N) is 3. The second kappa shape index (κ2) is 10.6. The van der Waals surface area contributed by atoms with Crippen LogP contribution in [0.3, 0.4) is 0 Å². The zero-order valence-corrected chi connectivity index (χ0v) is 18.2. The Kier molecular flexibility index (Phi) is 7.43. The first-order chi connectivity index (χ1) is 15.2. The highest BCUT2D eigenvalue weighted by Crippen LogP contribution is 2.26. The third kappa shape index (κ3) is 5.98. The van der Waals surface area contributed by atoms with Gasteiger partial charge in [0.25, 0.3) is 0 Å². The molecule has 0 amide bonds. The van der Waals surface area contributed by atoms with E-state index in [0.29, 0.717) is 6.61 Å². The maximum atomic E-state index is 10.9. The summed E-state index contributed by atoms with van der Waals surface area (Å²) < 4.78 is 6.35. The highest BCUT2D eigenvalue weighted by Gasteiger charge is 2.20. The third-order valence-electron chi connectivity index (χ3n) is 5.59. The first kappa shape index (κ1) is 21.6. The Morgan fingerprint density at radius 1 is 0.935 bits per heavy atom. The van der Waals surface area contributed by atoms with Crippen molar-refractivity contribution in [2.24, 2.45) is 0 Å². The van der Waals surface area contributed by atoms with Gasteiger partial charge in [0.1, 0.15) is 6.10 Å². The standard InChI is InChI=1S/C24H27N3O3S/c28-27(29)23-17-20(19-31-23)18-26-13-11-25(12-14-26)15-16-30-24(21-7-3-1-4-8-21)22-9-5-2-6-10-22/h1-10,17,19,24H,11-16,18H2. The van der Waals surface area contributed by atoms with E-state index in [-0.39, 0.29) is 16.0 Å². The van der Waals surface area contributed by atoms with Crippen LogP contribution in [0.25, 0.3) is 0 Å². The van der Waals surface area contributed by atoms with Crippen molar-refractivity contribution in [1.29, 1.82) is 0 Å². The second-order valence-electron chi connectivity index (χ2n) is 7.74. The molecule has 1 aliphatic rings. The summed E-state index contributed by atoms with van der Waals surface area (Å²) >= 11 is 1.20. The average Bonchev–Trinajstić information content (AvgIpc) is 3.28. The molecular weight excluding hydrogens is 410 g/mol. The Hall–Kier alpha value is -2.58. The molecular formula is C24H27N3O3S. The first-order valence-corrected chi connectivity index (χ1v) is 11.4. The van der Waals surface area contributed by atoms with Crippen LogP contribution >= 0.6 is 11.3 Å². The maximum absolute atomic E-state index is 10.9. The topological polar surface area (TPSA) is 58.9 Å². The Bertz CT molecular complexity index is 917. The van der Waals surface area contributed by atoms with Crippen LogP contribution in [-0.2, 0) is 11.3 Å². The molecule has 0 aliphatic carbocycles. The first-order valence-electron chi connectivity index (χ1n) is 10.6. The number of rotatable bonds is 9. The smallest absolute Gasteiger partial charge is 0.324 e. The molecule has 0 spiro atoms. The van der Waals surface area contributed by atoms with E-state index in [4.69, 9.17) is 4.74 Å². The third-order valence-corrected chi connectivity index (χ3v) is 6.52. The fraction of sp³-hybridized carbons (Fsp3) is 0.333. The van der Waals surface area contributed by atoms with Crippen LogP contribution in [0.2, 0.25) is 0 Å². The van der Waals surface area contributed by atoms with E-state index < -0.39 is 0 Å². The highest BCUT2D eigenvalue weighted by molar-refractivity contribution is 7.13. The zero-order chi connectivity index (χ0) is 21.5. The van der Waals surface area contributed by atoms with E-state index in [1.807, 2.05) is 17.5 Å². The molecule has 1 aliphatic heterocycles. The Morgan fingerprint density at radius 2 is 1.52 bits per heavy atom. The molecule has 1 fully saturated rings. The fourth-order valence-electron chi connectivity index (χ4n) is 3.91. The molecule has 162 valence electrons. The summed E-state index contributed by atoms with van der Waals surface area (Å²) in [5.74, 6) is 0. The average molecular weight is 438 g/mol. The molecule has 0 N–H and O–H groups in total. The molecule has 2 heterocycles. The molecule has 3 aromatic rings. The summed E-state index contributed by atoms with van der Waals surface area (Å²) in [4.78, 5) is 15.3. The van der Waals surface area contributed by atoms with Crippen molar-refractivity contribution in [3.63, 3.8) is 0 Å². The fourth-order valence-corrected chi connectivity index (χ4v) is 4.63. The van der Waals surface area contributed by atoms with Crippen molar-refractivity contribution in [2.75, 3.05) is 39.3 Å². The number of hydrogen-bond acceptors (Lipinski definition) is 6. The van der Waals surface area contributed by atoms with Gasteiger partial charge in [-0.3, -0.25) is 19.9 Å². The monoisotopic (exact) mass is 437 g/mol. The number of piperazine rings is 1. The van der Waals surface area contributed by atoms with E-state index in [9.17, 15) is 10.1 Å². The SMILES string of the molecule is O=[N+]([O-])c1cc(CN2CCN(CCOC(c3ccccc3)c3ccccc3)CC2)cs1. The molecule has 0 atom stereocenters. The quantitative estimate of drug-likeness (QED) is 0.362. The Labute approximate surface area is 186 Å². The lowest BCUT2D eigenvalue weighted by atomic mass is 10.0. The van der Waals surface area contributed by atoms with E-state index in [2.05, 4.69) is 58.3 Å². The van der Waals surface area contributed by atoms with Gasteiger partial charge in [-0.05, 0) is 16.7 Å². The van der Waals surface area contributed by atoms with Crippen LogP contribution in [0, 0.1) is 10.1 Å². The van der Waals surface area contributed by atoms with Crippen molar-refractivity contribution >= 4 is 16.3 Å². The minimum absolute atomic E-state index is 0.0573. The summed E-state index contributed by atoms with van der Waals surface area (Å²) in [7, 11) is 0. The summed E-state index contributed by atoms with van der Waals surface area (Å²) in [5.41, 5.74) is 3.37. The van der Waals surface area contributed by atoms with Gasteiger partial charge < -0.3 is 4.74 Å². The lowest BCUT2D eigenvalue weighted by molar-refractivity contribution is -0.380. The number of hydrogen-bond donors (Lipinski definition) is 0. The van der Waals surface area contributed by atoms with Crippen LogP contribution in [0.15, 0.2) is 72.1 Å². The number of benzene rings is 2. The largest absolute Gasteiger partial charge is 0.367 e. The van der Waals surface area contributed by atoms with Gasteiger partial charge in [0.2, 0.25) is 0 Å². The lowest BCUT2D eigenvalue weighted by Gasteiger charge is -2.34. The summed E-state index contributed by atoms with van der Waals surface area (Å²) in [6, 6.07) is 22.4. The molecule has 0 bridgehead atoms. The van der Waals surface area contributed by atoms with Gasteiger partial charge in [-0.2, -0.15) is 0 Å². The van der Waals surface area contributed by atoms with Crippen LogP contribution < -0.4 is 0 Å². The molecule has 1 saturated heterocycles. The highest BCUT2D eigenvalue weighted by atomic mass is 32.1. The van der Waals surface area contributed by atoms with Gasteiger partial charge >= 0.3 is 5.00 Å². The number of thiophene rings is 1. The summed E-state index contributed by atoms with van der Waals surface area (Å²) in [6.45, 7) is 6.24. The van der Waals surface area contributed by atoms with Crippen LogP contribution in [0.5, 0.6) is 0 Å².